The van der Waals surface area contributed by atoms with Gasteiger partial charge in [0.2, 0.25) is 5.13 Å². The Kier molecular flexibility index (Phi) is 3.50. The van der Waals surface area contributed by atoms with E-state index in [0.717, 1.165) is 16.1 Å². The molecule has 0 saturated carbocycles. The zero-order valence-corrected chi connectivity index (χ0v) is 11.4. The second kappa shape index (κ2) is 4.88. The Hall–Kier alpha value is -1.01. The molecule has 1 heterocycles. The third-order valence-corrected chi connectivity index (χ3v) is 3.54. The first-order valence-corrected chi connectivity index (χ1v) is 6.34. The largest absolute Gasteiger partial charge is 0.344 e. The topological polar surface area (TPSA) is 41.9 Å². The molecule has 1 aromatic carbocycles. The molecule has 0 fully saturated rings. The molecule has 0 radical (unpaired) electrons. The molecule has 4 nitrogen and oxygen atoms in total. The summed E-state index contributed by atoms with van der Waals surface area (Å²) in [5, 5.41) is 8.36. The van der Waals surface area contributed by atoms with Crippen molar-refractivity contribution in [2.24, 2.45) is 0 Å². The normalized spacial score (nSPS) is 10.4. The highest BCUT2D eigenvalue weighted by Crippen LogP contribution is 2.20. The van der Waals surface area contributed by atoms with E-state index >= 15 is 0 Å². The zero-order chi connectivity index (χ0) is 11.5. The molecule has 0 saturated heterocycles. The van der Waals surface area contributed by atoms with Crippen LogP contribution in [0.25, 0.3) is 0 Å². The fraction of sp³-hybridized carbons (Fsp3) is 0.300. The summed E-state index contributed by atoms with van der Waals surface area (Å²) in [6.45, 7) is 2.91. The van der Waals surface area contributed by atoms with Crippen LogP contribution < -0.4 is 4.90 Å². The van der Waals surface area contributed by atoms with Crippen LogP contribution >= 0.6 is 27.5 Å². The Morgan fingerprint density at radius 1 is 1.44 bits per heavy atom. The number of anilines is 1. The van der Waals surface area contributed by atoms with E-state index in [9.17, 15) is 0 Å². The Labute approximate surface area is 107 Å². The van der Waals surface area contributed by atoms with Crippen LogP contribution in [0.4, 0.5) is 5.13 Å². The molecule has 84 valence electrons. The van der Waals surface area contributed by atoms with E-state index < -0.39 is 0 Å². The Morgan fingerprint density at radius 2 is 2.25 bits per heavy atom. The number of hydrogen-bond acceptors (Lipinski definition) is 5. The van der Waals surface area contributed by atoms with Crippen molar-refractivity contribution in [3.8, 4) is 0 Å². The van der Waals surface area contributed by atoms with Crippen LogP contribution in [-0.2, 0) is 6.54 Å². The highest BCUT2D eigenvalue weighted by atomic mass is 79.9. The molecule has 0 amide bonds. The summed E-state index contributed by atoms with van der Waals surface area (Å²) < 4.78 is 4.85. The molecule has 0 spiro atoms. The summed E-state index contributed by atoms with van der Waals surface area (Å²) in [4.78, 5) is 2.04. The van der Waals surface area contributed by atoms with Crippen LogP contribution in [0.3, 0.4) is 0 Å². The quantitative estimate of drug-likeness (QED) is 0.874. The fourth-order valence-electron chi connectivity index (χ4n) is 1.41. The number of benzene rings is 1. The molecule has 6 heteroatoms. The van der Waals surface area contributed by atoms with E-state index in [0.29, 0.717) is 0 Å². The van der Waals surface area contributed by atoms with Crippen molar-refractivity contribution in [1.29, 1.82) is 0 Å². The summed E-state index contributed by atoms with van der Waals surface area (Å²) in [7, 11) is 1.99. The van der Waals surface area contributed by atoms with Crippen molar-refractivity contribution < 1.29 is 0 Å². The van der Waals surface area contributed by atoms with E-state index in [2.05, 4.69) is 49.8 Å². The molecular weight excluding hydrogens is 288 g/mol. The molecule has 0 aliphatic rings. The first-order valence-electron chi connectivity index (χ1n) is 4.78. The molecule has 0 N–H and O–H groups in total. The summed E-state index contributed by atoms with van der Waals surface area (Å²) in [6, 6.07) is 6.28. The van der Waals surface area contributed by atoms with Crippen molar-refractivity contribution >= 4 is 32.6 Å². The number of aryl methyl sites for hydroxylation is 1. The van der Waals surface area contributed by atoms with E-state index in [-0.39, 0.29) is 0 Å². The first-order chi connectivity index (χ1) is 7.66. The van der Waals surface area contributed by atoms with Gasteiger partial charge in [0.05, 0.1) is 0 Å². The van der Waals surface area contributed by atoms with Crippen molar-refractivity contribution in [2.45, 2.75) is 13.5 Å². The van der Waals surface area contributed by atoms with Gasteiger partial charge in [0.25, 0.3) is 0 Å². The smallest absolute Gasteiger partial charge is 0.227 e. The van der Waals surface area contributed by atoms with Crippen LogP contribution in [0.15, 0.2) is 22.7 Å². The minimum atomic E-state index is 0.808. The number of hydrogen-bond donors (Lipinski definition) is 0. The minimum absolute atomic E-state index is 0.808. The van der Waals surface area contributed by atoms with Gasteiger partial charge in [0, 0.05) is 29.6 Å². The van der Waals surface area contributed by atoms with Gasteiger partial charge in [-0.25, -0.2) is 0 Å². The van der Waals surface area contributed by atoms with Gasteiger partial charge >= 0.3 is 0 Å². The number of aromatic nitrogens is 3. The summed E-state index contributed by atoms with van der Waals surface area (Å²) in [6.07, 6.45) is 0. The van der Waals surface area contributed by atoms with Crippen LogP contribution in [-0.4, -0.2) is 21.8 Å². The molecule has 0 unspecified atom stereocenters. The van der Waals surface area contributed by atoms with Crippen molar-refractivity contribution in [3.05, 3.63) is 33.8 Å². The third kappa shape index (κ3) is 2.56. The lowest BCUT2D eigenvalue weighted by atomic mass is 10.1. The average Bonchev–Trinajstić information content (AvgIpc) is 2.76. The predicted octanol–water partition coefficient (Wildman–Crippen LogP) is 2.64. The molecule has 0 aliphatic heterocycles. The number of rotatable bonds is 3. The van der Waals surface area contributed by atoms with E-state index in [4.69, 9.17) is 0 Å². The fourth-order valence-corrected chi connectivity index (χ4v) is 2.24. The van der Waals surface area contributed by atoms with Gasteiger partial charge in [-0.15, -0.1) is 0 Å². The Morgan fingerprint density at radius 3 is 2.94 bits per heavy atom. The summed E-state index contributed by atoms with van der Waals surface area (Å²) in [5.74, 6) is 0. The summed E-state index contributed by atoms with van der Waals surface area (Å²) in [5.41, 5.74) is 2.54. The summed E-state index contributed by atoms with van der Waals surface area (Å²) >= 11 is 4.78. The van der Waals surface area contributed by atoms with Gasteiger partial charge in [-0.05, 0) is 35.4 Å². The monoisotopic (exact) mass is 298 g/mol. The standard InChI is InChI=1S/C10H11BrN4S/c1-7-3-4-9(11)5-8(7)6-15(2)10-12-13-14-16-10/h3-5H,6H2,1-2H3. The molecule has 16 heavy (non-hydrogen) atoms. The molecule has 1 aromatic heterocycles. The molecule has 2 aromatic rings. The van der Waals surface area contributed by atoms with E-state index in [1.165, 1.54) is 22.7 Å². The van der Waals surface area contributed by atoms with Gasteiger partial charge < -0.3 is 4.90 Å². The van der Waals surface area contributed by atoms with Gasteiger partial charge in [-0.3, -0.25) is 0 Å². The van der Waals surface area contributed by atoms with Gasteiger partial charge in [-0.1, -0.05) is 31.6 Å². The maximum Gasteiger partial charge on any atom is 0.227 e. The molecule has 0 aliphatic carbocycles. The molecule has 0 bridgehead atoms. The second-order valence-corrected chi connectivity index (χ2v) is 5.20. The Bertz CT molecular complexity index is 472. The zero-order valence-electron chi connectivity index (χ0n) is 9.01. The second-order valence-electron chi connectivity index (χ2n) is 3.57. The van der Waals surface area contributed by atoms with Crippen LogP contribution in [0.5, 0.6) is 0 Å². The molecule has 2 rings (SSSR count). The number of nitrogens with zero attached hydrogens (tertiary/aromatic N) is 4. The Balaban J connectivity index is 2.17. The van der Waals surface area contributed by atoms with Crippen molar-refractivity contribution in [1.82, 2.24) is 14.8 Å². The highest BCUT2D eigenvalue weighted by Gasteiger charge is 2.08. The van der Waals surface area contributed by atoms with Gasteiger partial charge in [0.15, 0.2) is 0 Å². The lowest BCUT2D eigenvalue weighted by Gasteiger charge is -2.16. The highest BCUT2D eigenvalue weighted by molar-refractivity contribution is 9.10. The lowest BCUT2D eigenvalue weighted by molar-refractivity contribution is 0.869. The van der Waals surface area contributed by atoms with Crippen molar-refractivity contribution in [2.75, 3.05) is 11.9 Å². The van der Waals surface area contributed by atoms with Crippen LogP contribution in [0.1, 0.15) is 11.1 Å². The predicted molar refractivity (Wildman–Crippen MR) is 68.7 cm³/mol. The SMILES string of the molecule is Cc1ccc(Br)cc1CN(C)c1nnns1. The maximum absolute atomic E-state index is 3.94. The van der Waals surface area contributed by atoms with Crippen LogP contribution in [0, 0.1) is 6.92 Å². The van der Waals surface area contributed by atoms with Crippen LogP contribution in [0.2, 0.25) is 0 Å². The van der Waals surface area contributed by atoms with E-state index in [1.807, 2.05) is 18.0 Å². The van der Waals surface area contributed by atoms with Gasteiger partial charge in [0.1, 0.15) is 0 Å². The third-order valence-electron chi connectivity index (χ3n) is 2.33. The number of halogens is 1. The molecule has 0 atom stereocenters. The first kappa shape index (κ1) is 11.5. The minimum Gasteiger partial charge on any atom is -0.344 e. The maximum atomic E-state index is 3.94. The average molecular weight is 299 g/mol. The molecular formula is C10H11BrN4S. The lowest BCUT2D eigenvalue weighted by Crippen LogP contribution is -2.16. The van der Waals surface area contributed by atoms with E-state index in [1.54, 1.807) is 0 Å². The van der Waals surface area contributed by atoms with Crippen molar-refractivity contribution in [3.63, 3.8) is 0 Å². The van der Waals surface area contributed by atoms with Gasteiger partial charge in [-0.2, -0.15) is 0 Å².